The average Bonchev–Trinajstić information content (AvgIpc) is 3.58. The molecule has 2 aliphatic rings. The number of rotatable bonds is 7. The number of para-hydroxylation sites is 1. The Labute approximate surface area is 175 Å². The molecule has 30 heavy (non-hydrogen) atoms. The fourth-order valence-corrected chi connectivity index (χ4v) is 3.32. The van der Waals surface area contributed by atoms with Gasteiger partial charge in [-0.3, -0.25) is 9.59 Å². The second-order valence-electron chi connectivity index (χ2n) is 7.27. The molecule has 1 saturated carbocycles. The lowest BCUT2D eigenvalue weighted by atomic mass is 10.1. The number of carbonyl (C=O) groups excluding carboxylic acids is 2. The maximum atomic E-state index is 12.8. The van der Waals surface area contributed by atoms with E-state index in [2.05, 4.69) is 10.2 Å². The number of hydrogen-bond acceptors (Lipinski definition) is 6. The molecule has 0 saturated heterocycles. The molecule has 1 fully saturated rings. The number of ether oxygens (including phenoxy) is 2. The Morgan fingerprint density at radius 1 is 1.20 bits per heavy atom. The third-order valence-corrected chi connectivity index (χ3v) is 5.02. The first kappa shape index (κ1) is 19.8. The van der Waals surface area contributed by atoms with Gasteiger partial charge in [0.15, 0.2) is 17.2 Å². The molecule has 0 atom stereocenters. The van der Waals surface area contributed by atoms with E-state index in [1.165, 1.54) is 7.11 Å². The van der Waals surface area contributed by atoms with Crippen molar-refractivity contribution < 1.29 is 19.1 Å². The number of carbonyl (C=O) groups is 2. The van der Waals surface area contributed by atoms with Gasteiger partial charge in [0.1, 0.15) is 0 Å². The smallest absolute Gasteiger partial charge is 0.314 e. The van der Waals surface area contributed by atoms with E-state index in [4.69, 9.17) is 9.47 Å². The highest BCUT2D eigenvalue weighted by atomic mass is 16.6. The van der Waals surface area contributed by atoms with Gasteiger partial charge in [-0.25, -0.2) is 0 Å². The van der Waals surface area contributed by atoms with Gasteiger partial charge >= 0.3 is 5.97 Å². The van der Waals surface area contributed by atoms with E-state index >= 15 is 0 Å². The molecule has 1 aliphatic carbocycles. The van der Waals surface area contributed by atoms with Crippen molar-refractivity contribution in [2.24, 2.45) is 16.1 Å². The van der Waals surface area contributed by atoms with E-state index in [1.807, 2.05) is 31.2 Å². The Morgan fingerprint density at radius 3 is 2.73 bits per heavy atom. The minimum atomic E-state index is -0.226. The number of benzene rings is 2. The van der Waals surface area contributed by atoms with E-state index < -0.39 is 0 Å². The van der Waals surface area contributed by atoms with Crippen LogP contribution in [0.25, 0.3) is 0 Å². The molecule has 2 aromatic carbocycles. The summed E-state index contributed by atoms with van der Waals surface area (Å²) in [6, 6.07) is 12.7. The summed E-state index contributed by atoms with van der Waals surface area (Å²) in [6.45, 7) is 2.67. The van der Waals surface area contributed by atoms with Gasteiger partial charge in [-0.2, -0.15) is 5.10 Å². The molecule has 1 aliphatic heterocycles. The first-order valence-electron chi connectivity index (χ1n) is 10.0. The second-order valence-corrected chi connectivity index (χ2v) is 7.27. The highest BCUT2D eigenvalue weighted by molar-refractivity contribution is 6.54. The lowest BCUT2D eigenvalue weighted by Gasteiger charge is -2.14. The lowest BCUT2D eigenvalue weighted by Crippen LogP contribution is -2.30. The highest BCUT2D eigenvalue weighted by Crippen LogP contribution is 2.34. The Hall–Kier alpha value is -3.48. The van der Waals surface area contributed by atoms with Gasteiger partial charge in [0.2, 0.25) is 0 Å². The molecule has 0 bridgehead atoms. The Kier molecular flexibility index (Phi) is 5.61. The average molecular weight is 405 g/mol. The monoisotopic (exact) mass is 405 g/mol. The lowest BCUT2D eigenvalue weighted by molar-refractivity contribution is -0.135. The fourth-order valence-electron chi connectivity index (χ4n) is 3.32. The maximum Gasteiger partial charge on any atom is 0.314 e. The number of fused-ring (bicyclic) bond motifs is 1. The molecule has 0 spiro atoms. The molecule has 0 unspecified atom stereocenters. The summed E-state index contributed by atoms with van der Waals surface area (Å²) in [5.74, 6) is 0.460. The van der Waals surface area contributed by atoms with Crippen LogP contribution in [-0.4, -0.2) is 37.5 Å². The molecule has 0 N–H and O–H groups in total. The number of hydrogen-bond donors (Lipinski definition) is 0. The van der Waals surface area contributed by atoms with Crippen molar-refractivity contribution in [2.75, 3.05) is 18.6 Å². The summed E-state index contributed by atoms with van der Waals surface area (Å²) in [6.07, 6.45) is 4.15. The summed E-state index contributed by atoms with van der Waals surface area (Å²) in [5.41, 5.74) is 2.69. The van der Waals surface area contributed by atoms with Crippen LogP contribution in [0.3, 0.4) is 0 Å². The van der Waals surface area contributed by atoms with E-state index in [0.717, 1.165) is 30.5 Å². The molecule has 4 rings (SSSR count). The van der Waals surface area contributed by atoms with Gasteiger partial charge in [-0.1, -0.05) is 25.1 Å². The number of esters is 1. The van der Waals surface area contributed by atoms with Crippen molar-refractivity contribution in [3.63, 3.8) is 0 Å². The van der Waals surface area contributed by atoms with Crippen LogP contribution in [0.15, 0.2) is 52.7 Å². The third-order valence-electron chi connectivity index (χ3n) is 5.02. The zero-order chi connectivity index (χ0) is 21.1. The normalized spacial score (nSPS) is 16.9. The minimum absolute atomic E-state index is 0.00544. The van der Waals surface area contributed by atoms with Crippen molar-refractivity contribution >= 4 is 29.5 Å². The Bertz CT molecular complexity index is 1040. The van der Waals surface area contributed by atoms with Crippen LogP contribution in [0.1, 0.15) is 37.3 Å². The number of anilines is 1. The molecule has 1 heterocycles. The first-order chi connectivity index (χ1) is 14.6. The van der Waals surface area contributed by atoms with Crippen LogP contribution in [0, 0.1) is 5.92 Å². The van der Waals surface area contributed by atoms with E-state index in [-0.39, 0.29) is 17.8 Å². The second kappa shape index (κ2) is 8.49. The Morgan fingerprint density at radius 2 is 2.00 bits per heavy atom. The molecular formula is C23H23N3O4. The summed E-state index contributed by atoms with van der Waals surface area (Å²) < 4.78 is 10.7. The van der Waals surface area contributed by atoms with E-state index in [1.54, 1.807) is 29.3 Å². The van der Waals surface area contributed by atoms with Crippen molar-refractivity contribution in [1.82, 2.24) is 0 Å². The van der Waals surface area contributed by atoms with Crippen LogP contribution < -0.4 is 14.4 Å². The van der Waals surface area contributed by atoms with Crippen LogP contribution >= 0.6 is 0 Å². The predicted molar refractivity (Wildman–Crippen MR) is 115 cm³/mol. The third kappa shape index (κ3) is 3.96. The number of nitrogens with zero attached hydrogens (tertiary/aromatic N) is 3. The van der Waals surface area contributed by atoms with Crippen molar-refractivity contribution in [3.05, 3.63) is 53.6 Å². The minimum Gasteiger partial charge on any atom is -0.493 e. The molecule has 7 heteroatoms. The van der Waals surface area contributed by atoms with Gasteiger partial charge in [-0.15, -0.1) is 5.10 Å². The zero-order valence-corrected chi connectivity index (χ0v) is 17.0. The van der Waals surface area contributed by atoms with Crippen molar-refractivity contribution in [3.8, 4) is 11.5 Å². The van der Waals surface area contributed by atoms with Crippen molar-refractivity contribution in [1.29, 1.82) is 0 Å². The molecule has 2 aromatic rings. The first-order valence-corrected chi connectivity index (χ1v) is 10.0. The fraction of sp³-hybridized carbons (Fsp3) is 0.304. The van der Waals surface area contributed by atoms with Crippen LogP contribution in [0.4, 0.5) is 5.69 Å². The number of methoxy groups -OCH3 is 1. The van der Waals surface area contributed by atoms with Gasteiger partial charge in [0.25, 0.3) is 5.91 Å². The van der Waals surface area contributed by atoms with Gasteiger partial charge in [-0.05, 0) is 49.1 Å². The summed E-state index contributed by atoms with van der Waals surface area (Å²) in [7, 11) is 1.52. The molecule has 7 nitrogen and oxygen atoms in total. The van der Waals surface area contributed by atoms with E-state index in [0.29, 0.717) is 29.3 Å². The maximum absolute atomic E-state index is 12.8. The highest BCUT2D eigenvalue weighted by Gasteiger charge is 2.33. The SMILES string of the molecule is CCCN1C(=O)/C(=N\N=C/c2ccc(OC(=O)C3CC3)c(OC)c2)c2ccccc21. The molecule has 0 radical (unpaired) electrons. The summed E-state index contributed by atoms with van der Waals surface area (Å²) in [4.78, 5) is 26.4. The zero-order valence-electron chi connectivity index (χ0n) is 17.0. The number of amides is 1. The predicted octanol–water partition coefficient (Wildman–Crippen LogP) is 3.59. The Balaban J connectivity index is 1.54. The molecule has 0 aromatic heterocycles. The van der Waals surface area contributed by atoms with Gasteiger partial charge in [0.05, 0.1) is 24.9 Å². The molecular weight excluding hydrogens is 382 g/mol. The van der Waals surface area contributed by atoms with Gasteiger partial charge < -0.3 is 14.4 Å². The van der Waals surface area contributed by atoms with Crippen LogP contribution in [-0.2, 0) is 9.59 Å². The van der Waals surface area contributed by atoms with Crippen molar-refractivity contribution in [2.45, 2.75) is 26.2 Å². The van der Waals surface area contributed by atoms with Gasteiger partial charge in [0, 0.05) is 12.1 Å². The molecule has 1 amide bonds. The summed E-state index contributed by atoms with van der Waals surface area (Å²) in [5, 5.41) is 8.32. The topological polar surface area (TPSA) is 80.6 Å². The van der Waals surface area contributed by atoms with E-state index in [9.17, 15) is 9.59 Å². The van der Waals surface area contributed by atoms with Crippen LogP contribution in [0.2, 0.25) is 0 Å². The standard InChI is InChI=1S/C23H23N3O4/c1-3-12-26-18-7-5-4-6-17(18)21(22(26)27)25-24-14-15-8-11-19(20(13-15)29-2)30-23(28)16-9-10-16/h4-8,11,13-14,16H,3,9-10,12H2,1-2H3/b24-14-,25-21-. The van der Waals surface area contributed by atoms with Crippen LogP contribution in [0.5, 0.6) is 11.5 Å². The largest absolute Gasteiger partial charge is 0.493 e. The quantitative estimate of drug-likeness (QED) is 0.305. The molecule has 154 valence electrons. The summed E-state index contributed by atoms with van der Waals surface area (Å²) >= 11 is 0.